The van der Waals surface area contributed by atoms with Crippen LogP contribution < -0.4 is 9.47 Å². The quantitative estimate of drug-likeness (QED) is 0.152. The molecule has 0 heterocycles. The van der Waals surface area contributed by atoms with Gasteiger partial charge in [0.15, 0.2) is 11.5 Å². The van der Waals surface area contributed by atoms with Gasteiger partial charge < -0.3 is 14.2 Å². The minimum atomic E-state index is -0.745. The molecule has 224 valence electrons. The third kappa shape index (κ3) is 7.14. The van der Waals surface area contributed by atoms with Gasteiger partial charge >= 0.3 is 17.9 Å². The molecule has 0 fully saturated rings. The summed E-state index contributed by atoms with van der Waals surface area (Å²) in [5.74, 6) is -0.851. The molecule has 0 saturated carbocycles. The Labute approximate surface area is 254 Å². The van der Waals surface area contributed by atoms with Crippen LogP contribution in [-0.4, -0.2) is 24.5 Å². The Morgan fingerprint density at radius 3 is 1.95 bits per heavy atom. The summed E-state index contributed by atoms with van der Waals surface area (Å²) in [4.78, 5) is 36.9. The number of carbonyl (C=O) groups excluding carboxylic acids is 3. The van der Waals surface area contributed by atoms with Crippen molar-refractivity contribution in [2.24, 2.45) is 5.41 Å². The molecule has 1 atom stereocenters. The maximum atomic E-state index is 12.8. The van der Waals surface area contributed by atoms with Gasteiger partial charge in [-0.25, -0.2) is 9.59 Å². The van der Waals surface area contributed by atoms with Crippen LogP contribution in [0.4, 0.5) is 0 Å². The molecule has 0 aromatic heterocycles. The first-order chi connectivity index (χ1) is 20.1. The lowest BCUT2D eigenvalue weighted by atomic mass is 9.90. The lowest BCUT2D eigenvalue weighted by Gasteiger charge is -2.19. The van der Waals surface area contributed by atoms with E-state index in [0.717, 1.165) is 46.2 Å². The molecule has 43 heavy (non-hydrogen) atoms. The van der Waals surface area contributed by atoms with Gasteiger partial charge in [0.05, 0.1) is 12.0 Å². The second kappa shape index (κ2) is 12.4. The molecule has 6 nitrogen and oxygen atoms in total. The summed E-state index contributed by atoms with van der Waals surface area (Å²) < 4.78 is 16.6. The van der Waals surface area contributed by atoms with Crippen LogP contribution in [0.25, 0.3) is 22.3 Å². The molecule has 0 saturated heterocycles. The number of ether oxygens (including phenoxy) is 3. The predicted molar refractivity (Wildman–Crippen MR) is 169 cm³/mol. The van der Waals surface area contributed by atoms with Crippen LogP contribution in [0.15, 0.2) is 72.8 Å². The van der Waals surface area contributed by atoms with E-state index in [0.29, 0.717) is 12.2 Å². The molecule has 0 bridgehead atoms. The third-order valence-corrected chi connectivity index (χ3v) is 7.61. The molecule has 0 aliphatic heterocycles. The summed E-state index contributed by atoms with van der Waals surface area (Å²) >= 11 is 0. The number of benzene rings is 3. The van der Waals surface area contributed by atoms with Crippen LogP contribution in [0.1, 0.15) is 69.2 Å². The molecule has 6 heteroatoms. The second-order valence-corrected chi connectivity index (χ2v) is 12.5. The Kier molecular flexibility index (Phi) is 9.09. The van der Waals surface area contributed by atoms with E-state index in [1.165, 1.54) is 11.1 Å². The van der Waals surface area contributed by atoms with Gasteiger partial charge in [0.25, 0.3) is 0 Å². The fourth-order valence-corrected chi connectivity index (χ4v) is 5.06. The first-order valence-electron chi connectivity index (χ1n) is 14.5. The summed E-state index contributed by atoms with van der Waals surface area (Å²) in [7, 11) is 0. The van der Waals surface area contributed by atoms with Crippen molar-refractivity contribution < 1.29 is 28.6 Å². The van der Waals surface area contributed by atoms with E-state index in [-0.39, 0.29) is 29.0 Å². The largest absolute Gasteiger partial charge is 0.462 e. The van der Waals surface area contributed by atoms with E-state index in [1.807, 2.05) is 13.0 Å². The highest BCUT2D eigenvalue weighted by Gasteiger charge is 2.27. The highest BCUT2D eigenvalue weighted by molar-refractivity contribution is 5.90. The monoisotopic (exact) mass is 580 g/mol. The van der Waals surface area contributed by atoms with Gasteiger partial charge in [-0.15, -0.1) is 0 Å². The third-order valence-electron chi connectivity index (χ3n) is 7.61. The topological polar surface area (TPSA) is 78.9 Å². The van der Waals surface area contributed by atoms with Crippen molar-refractivity contribution in [1.29, 1.82) is 0 Å². The van der Waals surface area contributed by atoms with Gasteiger partial charge in [-0.3, -0.25) is 4.79 Å². The normalized spacial score (nSPS) is 14.1. The van der Waals surface area contributed by atoms with Gasteiger partial charge in [-0.05, 0) is 118 Å². The van der Waals surface area contributed by atoms with Crippen molar-refractivity contribution >= 4 is 17.9 Å². The molecule has 4 rings (SSSR count). The molecule has 1 aliphatic carbocycles. The van der Waals surface area contributed by atoms with E-state index < -0.39 is 17.4 Å². The average Bonchev–Trinajstić information content (AvgIpc) is 3.35. The van der Waals surface area contributed by atoms with Gasteiger partial charge in [-0.2, -0.15) is 0 Å². The van der Waals surface area contributed by atoms with E-state index in [4.69, 9.17) is 14.2 Å². The van der Waals surface area contributed by atoms with Crippen LogP contribution in [0.3, 0.4) is 0 Å². The maximum Gasteiger partial charge on any atom is 0.338 e. The lowest BCUT2D eigenvalue weighted by molar-refractivity contribution is -0.143. The molecule has 0 spiro atoms. The zero-order valence-corrected chi connectivity index (χ0v) is 26.2. The van der Waals surface area contributed by atoms with Gasteiger partial charge in [0.2, 0.25) is 0 Å². The zero-order chi connectivity index (χ0) is 31.6. The minimum Gasteiger partial charge on any atom is -0.462 e. The highest BCUT2D eigenvalue weighted by Crippen LogP contribution is 2.40. The van der Waals surface area contributed by atoms with Crippen molar-refractivity contribution in [3.63, 3.8) is 0 Å². The summed E-state index contributed by atoms with van der Waals surface area (Å²) in [6.07, 6.45) is 1.88. The molecule has 3 aromatic carbocycles. The Morgan fingerprint density at radius 2 is 1.37 bits per heavy atom. The van der Waals surface area contributed by atoms with Crippen LogP contribution in [0.5, 0.6) is 11.5 Å². The SMILES string of the molecule is C=C(C)C(=O)OCC1CCc2cc(-c3cc(C)c(-c4ccc(OC(=O)C(=C)C)c(OC(=O)C(C)(C)C)c4)cc3C)ccc21. The molecule has 0 amide bonds. The van der Waals surface area contributed by atoms with Gasteiger partial charge in [-0.1, -0.05) is 49.6 Å². The fraction of sp³-hybridized carbons (Fsp3) is 0.324. The van der Waals surface area contributed by atoms with Crippen molar-refractivity contribution in [3.05, 3.63) is 95.1 Å². The van der Waals surface area contributed by atoms with Crippen LogP contribution in [0, 0.1) is 19.3 Å². The highest BCUT2D eigenvalue weighted by atomic mass is 16.6. The van der Waals surface area contributed by atoms with Crippen LogP contribution in [0.2, 0.25) is 0 Å². The standard InChI is InChI=1S/C37H40O6/c1-21(2)34(38)41-20-28-11-10-25-18-26(12-14-29(25)28)30-16-24(6)31(17-23(30)5)27-13-15-32(42-35(39)22(3)4)33(19-27)43-36(40)37(7,8)9/h12-19,28H,1,3,10-11,20H2,2,4-9H3. The molecular weight excluding hydrogens is 540 g/mol. The summed E-state index contributed by atoms with van der Waals surface area (Å²) in [5, 5.41) is 0. The fourth-order valence-electron chi connectivity index (χ4n) is 5.06. The van der Waals surface area contributed by atoms with Gasteiger partial charge in [0, 0.05) is 17.1 Å². The number of esters is 3. The number of hydrogen-bond acceptors (Lipinski definition) is 6. The van der Waals surface area contributed by atoms with Crippen molar-refractivity contribution in [2.45, 2.75) is 67.2 Å². The Balaban J connectivity index is 1.64. The summed E-state index contributed by atoms with van der Waals surface area (Å²) in [6.45, 7) is 20.3. The van der Waals surface area contributed by atoms with Crippen molar-refractivity contribution in [3.8, 4) is 33.8 Å². The average molecular weight is 581 g/mol. The van der Waals surface area contributed by atoms with Crippen LogP contribution >= 0.6 is 0 Å². The number of fused-ring (bicyclic) bond motifs is 1. The smallest absolute Gasteiger partial charge is 0.338 e. The Hall–Kier alpha value is -4.45. The number of aryl methyl sites for hydroxylation is 3. The molecule has 0 radical (unpaired) electrons. The first-order valence-corrected chi connectivity index (χ1v) is 14.5. The van der Waals surface area contributed by atoms with E-state index in [2.05, 4.69) is 50.4 Å². The summed E-state index contributed by atoms with van der Waals surface area (Å²) in [5.41, 5.74) is 8.63. The molecular formula is C37H40O6. The molecule has 1 aliphatic rings. The maximum absolute atomic E-state index is 12.8. The molecule has 3 aromatic rings. The number of carbonyl (C=O) groups is 3. The van der Waals surface area contributed by atoms with E-state index in [1.54, 1.807) is 46.8 Å². The second-order valence-electron chi connectivity index (χ2n) is 12.5. The van der Waals surface area contributed by atoms with E-state index >= 15 is 0 Å². The minimum absolute atomic E-state index is 0.159. The first kappa shape index (κ1) is 31.5. The number of rotatable bonds is 8. The van der Waals surface area contributed by atoms with Crippen molar-refractivity contribution in [2.75, 3.05) is 6.61 Å². The zero-order valence-electron chi connectivity index (χ0n) is 26.2. The van der Waals surface area contributed by atoms with Crippen molar-refractivity contribution in [1.82, 2.24) is 0 Å². The van der Waals surface area contributed by atoms with Crippen LogP contribution in [-0.2, 0) is 25.5 Å². The molecule has 1 unspecified atom stereocenters. The van der Waals surface area contributed by atoms with Gasteiger partial charge in [0.1, 0.15) is 0 Å². The summed E-state index contributed by atoms with van der Waals surface area (Å²) in [6, 6.07) is 16.1. The van der Waals surface area contributed by atoms with E-state index in [9.17, 15) is 14.4 Å². The molecule has 0 N–H and O–H groups in total. The Bertz CT molecular complexity index is 1640. The predicted octanol–water partition coefficient (Wildman–Crippen LogP) is 8.22. The lowest BCUT2D eigenvalue weighted by Crippen LogP contribution is -2.26. The Morgan fingerprint density at radius 1 is 0.791 bits per heavy atom. The number of hydrogen-bond donors (Lipinski definition) is 0.